The van der Waals surface area contributed by atoms with Crippen molar-refractivity contribution in [2.24, 2.45) is 5.92 Å². The summed E-state index contributed by atoms with van der Waals surface area (Å²) in [6, 6.07) is 26.3. The maximum Gasteiger partial charge on any atom is 0.200 e. The van der Waals surface area contributed by atoms with Gasteiger partial charge in [-0.1, -0.05) is 107 Å². The minimum Gasteiger partial charge on any atom is -0.465 e. The molecule has 3 aromatic carbocycles. The van der Waals surface area contributed by atoms with Crippen LogP contribution < -0.4 is 4.74 Å². The predicted octanol–water partition coefficient (Wildman–Crippen LogP) is 9.09. The Hall–Kier alpha value is -2.58. The molecule has 0 bridgehead atoms. The molecule has 0 aliphatic heterocycles. The summed E-state index contributed by atoms with van der Waals surface area (Å²) in [5, 5.41) is 0. The van der Waals surface area contributed by atoms with Crippen LogP contribution >= 0.6 is 0 Å². The molecule has 0 radical (unpaired) electrons. The van der Waals surface area contributed by atoms with E-state index < -0.39 is 0 Å². The second-order valence-corrected chi connectivity index (χ2v) is 10.6. The largest absolute Gasteiger partial charge is 0.465 e. The average Bonchev–Trinajstić information content (AvgIpc) is 3.23. The van der Waals surface area contributed by atoms with Crippen LogP contribution in [0.1, 0.15) is 93.7 Å². The molecule has 5 rings (SSSR count). The van der Waals surface area contributed by atoms with Gasteiger partial charge in [-0.05, 0) is 64.6 Å². The number of hydrogen-bond acceptors (Lipinski definition) is 2. The third-order valence-electron chi connectivity index (χ3n) is 8.27. The van der Waals surface area contributed by atoms with Crippen molar-refractivity contribution >= 4 is 0 Å². The molecule has 0 heterocycles. The van der Waals surface area contributed by atoms with Crippen LogP contribution in [0.3, 0.4) is 0 Å². The number of benzene rings is 3. The molecule has 2 nitrogen and oxygen atoms in total. The van der Waals surface area contributed by atoms with Gasteiger partial charge in [0.15, 0.2) is 0 Å². The third-order valence-corrected chi connectivity index (χ3v) is 8.27. The number of rotatable bonds is 10. The van der Waals surface area contributed by atoms with Gasteiger partial charge in [-0.3, -0.25) is 0 Å². The van der Waals surface area contributed by atoms with E-state index in [9.17, 15) is 0 Å². The van der Waals surface area contributed by atoms with Gasteiger partial charge in [0.25, 0.3) is 0 Å². The molecule has 0 amide bonds. The summed E-state index contributed by atoms with van der Waals surface area (Å²) in [4.78, 5) is 0. The summed E-state index contributed by atoms with van der Waals surface area (Å²) in [7, 11) is 0. The van der Waals surface area contributed by atoms with Gasteiger partial charge in [0.1, 0.15) is 5.75 Å². The molecular weight excluding hydrogens is 428 g/mol. The fourth-order valence-corrected chi connectivity index (χ4v) is 5.96. The Bertz CT molecular complexity index is 1030. The first-order valence-corrected chi connectivity index (χ1v) is 13.8. The van der Waals surface area contributed by atoms with Crippen molar-refractivity contribution in [2.45, 2.75) is 83.3 Å². The molecule has 2 heteroatoms. The molecule has 2 aliphatic carbocycles. The summed E-state index contributed by atoms with van der Waals surface area (Å²) < 4.78 is 13.1. The highest BCUT2D eigenvalue weighted by Gasteiger charge is 2.31. The van der Waals surface area contributed by atoms with Crippen molar-refractivity contribution in [3.05, 3.63) is 89.5 Å². The van der Waals surface area contributed by atoms with E-state index in [2.05, 4.69) is 86.6 Å². The maximum absolute atomic E-state index is 6.54. The molecule has 1 saturated carbocycles. The van der Waals surface area contributed by atoms with Crippen LogP contribution in [0.15, 0.2) is 72.8 Å². The summed E-state index contributed by atoms with van der Waals surface area (Å²) >= 11 is 0. The molecule has 2 unspecified atom stereocenters. The molecule has 184 valence electrons. The van der Waals surface area contributed by atoms with E-state index in [1.807, 2.05) is 0 Å². The van der Waals surface area contributed by atoms with Crippen LogP contribution in [0.4, 0.5) is 0 Å². The van der Waals surface area contributed by atoms with Crippen LogP contribution in [0, 0.1) is 5.92 Å². The Morgan fingerprint density at radius 3 is 2.06 bits per heavy atom. The van der Waals surface area contributed by atoms with Crippen LogP contribution in [0.25, 0.3) is 11.1 Å². The zero-order chi connectivity index (χ0) is 24.0. The molecule has 35 heavy (non-hydrogen) atoms. The zero-order valence-corrected chi connectivity index (χ0v) is 21.4. The lowest BCUT2D eigenvalue weighted by molar-refractivity contribution is -0.0902. The number of fused-ring (bicyclic) bond motifs is 3. The lowest BCUT2D eigenvalue weighted by Gasteiger charge is -2.26. The minimum absolute atomic E-state index is 0.266. The summed E-state index contributed by atoms with van der Waals surface area (Å²) in [5.41, 5.74) is 6.86. The molecule has 3 aromatic rings. The molecule has 2 aliphatic rings. The number of ether oxygens (including phenoxy) is 2. The Balaban J connectivity index is 1.33. The van der Waals surface area contributed by atoms with E-state index in [4.69, 9.17) is 9.47 Å². The smallest absolute Gasteiger partial charge is 0.200 e. The fourth-order valence-electron chi connectivity index (χ4n) is 5.96. The van der Waals surface area contributed by atoms with Gasteiger partial charge in [0, 0.05) is 12.3 Å². The zero-order valence-electron chi connectivity index (χ0n) is 21.4. The van der Waals surface area contributed by atoms with E-state index in [0.717, 1.165) is 37.5 Å². The second-order valence-electron chi connectivity index (χ2n) is 10.6. The van der Waals surface area contributed by atoms with Crippen molar-refractivity contribution in [2.75, 3.05) is 6.61 Å². The van der Waals surface area contributed by atoms with Crippen LogP contribution in [-0.4, -0.2) is 12.9 Å². The Morgan fingerprint density at radius 2 is 1.43 bits per heavy atom. The summed E-state index contributed by atoms with van der Waals surface area (Å²) in [6.07, 6.45) is 9.72. The van der Waals surface area contributed by atoms with Crippen LogP contribution in [-0.2, 0) is 4.74 Å². The van der Waals surface area contributed by atoms with Gasteiger partial charge < -0.3 is 9.47 Å². The SMILES string of the molecule is CCC(C)c1ccc(OC(CC2c3ccccc3-c3ccccc32)OCCC2CCCCC2)cc1. The van der Waals surface area contributed by atoms with Crippen LogP contribution in [0.5, 0.6) is 5.75 Å². The number of hydrogen-bond donors (Lipinski definition) is 0. The van der Waals surface area contributed by atoms with E-state index in [0.29, 0.717) is 11.8 Å². The first-order chi connectivity index (χ1) is 17.2. The Labute approximate surface area is 211 Å². The lowest BCUT2D eigenvalue weighted by atomic mass is 9.87. The first-order valence-electron chi connectivity index (χ1n) is 13.8. The molecule has 2 atom stereocenters. The Kier molecular flexibility index (Phi) is 7.88. The lowest BCUT2D eigenvalue weighted by Crippen LogP contribution is -2.25. The highest BCUT2D eigenvalue weighted by molar-refractivity contribution is 5.78. The van der Waals surface area contributed by atoms with Gasteiger partial charge >= 0.3 is 0 Å². The maximum atomic E-state index is 6.54. The first kappa shape index (κ1) is 24.1. The van der Waals surface area contributed by atoms with E-state index >= 15 is 0 Å². The quantitative estimate of drug-likeness (QED) is 0.276. The highest BCUT2D eigenvalue weighted by atomic mass is 16.7. The molecule has 0 aromatic heterocycles. The minimum atomic E-state index is -0.266. The molecule has 0 spiro atoms. The topological polar surface area (TPSA) is 18.5 Å². The normalized spacial score (nSPS) is 17.5. The van der Waals surface area contributed by atoms with Gasteiger partial charge in [-0.25, -0.2) is 0 Å². The monoisotopic (exact) mass is 468 g/mol. The van der Waals surface area contributed by atoms with Gasteiger partial charge in [-0.2, -0.15) is 0 Å². The third kappa shape index (κ3) is 5.64. The van der Waals surface area contributed by atoms with Gasteiger partial charge in [0.05, 0.1) is 6.61 Å². The van der Waals surface area contributed by atoms with Crippen molar-refractivity contribution < 1.29 is 9.47 Å². The average molecular weight is 469 g/mol. The van der Waals surface area contributed by atoms with Crippen molar-refractivity contribution in [1.29, 1.82) is 0 Å². The molecule has 1 fully saturated rings. The highest BCUT2D eigenvalue weighted by Crippen LogP contribution is 2.47. The predicted molar refractivity (Wildman–Crippen MR) is 145 cm³/mol. The second kappa shape index (κ2) is 11.4. The van der Waals surface area contributed by atoms with E-state index in [1.54, 1.807) is 0 Å². The summed E-state index contributed by atoms with van der Waals surface area (Å²) in [5.74, 6) is 2.57. The molecular formula is C33H40O2. The van der Waals surface area contributed by atoms with Crippen molar-refractivity contribution in [3.63, 3.8) is 0 Å². The Morgan fingerprint density at radius 1 is 0.800 bits per heavy atom. The van der Waals surface area contributed by atoms with Gasteiger partial charge in [0.2, 0.25) is 6.29 Å². The van der Waals surface area contributed by atoms with E-state index in [1.165, 1.54) is 59.9 Å². The molecule has 0 N–H and O–H groups in total. The van der Waals surface area contributed by atoms with Crippen molar-refractivity contribution in [1.82, 2.24) is 0 Å². The van der Waals surface area contributed by atoms with Gasteiger partial charge in [-0.15, -0.1) is 0 Å². The molecule has 0 saturated heterocycles. The standard InChI is InChI=1S/C33H40O2/c1-3-24(2)26-17-19-27(20-18-26)35-33(34-22-21-25-11-5-4-6-12-25)23-32-30-15-9-7-13-28(30)29-14-8-10-16-31(29)32/h7-10,13-20,24-25,32-33H,3-6,11-12,21-23H2,1-2H3. The summed E-state index contributed by atoms with van der Waals surface area (Å²) in [6.45, 7) is 5.29. The van der Waals surface area contributed by atoms with Crippen molar-refractivity contribution in [3.8, 4) is 16.9 Å². The fraction of sp³-hybridized carbons (Fsp3) is 0.455. The van der Waals surface area contributed by atoms with Crippen LogP contribution in [0.2, 0.25) is 0 Å². The van der Waals surface area contributed by atoms with E-state index in [-0.39, 0.29) is 6.29 Å².